The molecular formula is C18H23N7O2S. The molecule has 2 aromatic heterocycles. The normalized spacial score (nSPS) is 20.0. The number of nitrogens with two attached hydrogens (primary N) is 1. The predicted octanol–water partition coefficient (Wildman–Crippen LogP) is 1.49. The van der Waals surface area contributed by atoms with E-state index >= 15 is 0 Å². The van der Waals surface area contributed by atoms with E-state index in [9.17, 15) is 4.79 Å². The third-order valence-corrected chi connectivity index (χ3v) is 5.50. The van der Waals surface area contributed by atoms with Crippen LogP contribution in [0, 0.1) is 0 Å². The van der Waals surface area contributed by atoms with Crippen molar-refractivity contribution in [2.75, 3.05) is 24.5 Å². The molecule has 1 amide bonds. The Bertz CT molecular complexity index is 926. The van der Waals surface area contributed by atoms with Crippen LogP contribution in [0.4, 0.5) is 10.6 Å². The number of hydrogen-bond donors (Lipinski definition) is 3. The molecule has 2 aliphatic rings. The largest absolute Gasteiger partial charge is 0.445 e. The van der Waals surface area contributed by atoms with Crippen molar-refractivity contribution in [3.63, 3.8) is 0 Å². The molecule has 4 rings (SSSR count). The van der Waals surface area contributed by atoms with E-state index in [0.29, 0.717) is 13.1 Å². The highest BCUT2D eigenvalue weighted by Crippen LogP contribution is 2.30. The number of nitrogens with one attached hydrogen (secondary N) is 2. The highest BCUT2D eigenvalue weighted by atomic mass is 32.2. The summed E-state index contributed by atoms with van der Waals surface area (Å²) in [6.45, 7) is 3.57. The summed E-state index contributed by atoms with van der Waals surface area (Å²) >= 11 is 1.53. The van der Waals surface area contributed by atoms with Gasteiger partial charge in [-0.15, -0.1) is 0 Å². The Kier molecular flexibility index (Phi) is 5.40. The lowest BCUT2D eigenvalue weighted by atomic mass is 10.3. The number of fused-ring (bicyclic) bond motifs is 1. The number of nitrogens with zero attached hydrogens (tertiary/aromatic N) is 4. The fraction of sp³-hybridized carbons (Fsp3) is 0.389. The van der Waals surface area contributed by atoms with Crippen molar-refractivity contribution >= 4 is 34.4 Å². The second-order valence-corrected chi connectivity index (χ2v) is 7.63. The number of rotatable bonds is 5. The van der Waals surface area contributed by atoms with E-state index in [4.69, 9.17) is 15.5 Å². The predicted molar refractivity (Wildman–Crippen MR) is 110 cm³/mol. The van der Waals surface area contributed by atoms with Gasteiger partial charge in [0.1, 0.15) is 11.9 Å². The number of ether oxygens (including phenoxy) is 1. The van der Waals surface area contributed by atoms with E-state index in [0.717, 1.165) is 34.9 Å². The Balaban J connectivity index is 1.47. The Morgan fingerprint density at radius 1 is 1.57 bits per heavy atom. The summed E-state index contributed by atoms with van der Waals surface area (Å²) < 4.78 is 10.1. The fourth-order valence-corrected chi connectivity index (χ4v) is 3.85. The van der Waals surface area contributed by atoms with Crippen LogP contribution >= 0.6 is 11.9 Å². The molecule has 10 heteroatoms. The van der Waals surface area contributed by atoms with Gasteiger partial charge in [0, 0.05) is 36.9 Å². The minimum Gasteiger partial charge on any atom is -0.445 e. The second kappa shape index (κ2) is 8.11. The van der Waals surface area contributed by atoms with Gasteiger partial charge in [0.2, 0.25) is 0 Å². The summed E-state index contributed by atoms with van der Waals surface area (Å²) in [5.74, 6) is 0.868. The molecule has 0 saturated carbocycles. The van der Waals surface area contributed by atoms with Gasteiger partial charge in [-0.25, -0.2) is 14.3 Å². The molecule has 4 N–H and O–H groups in total. The van der Waals surface area contributed by atoms with E-state index in [1.165, 1.54) is 11.9 Å². The lowest BCUT2D eigenvalue weighted by Gasteiger charge is -2.19. The zero-order valence-corrected chi connectivity index (χ0v) is 16.4. The van der Waals surface area contributed by atoms with Crippen LogP contribution < -0.4 is 20.7 Å². The summed E-state index contributed by atoms with van der Waals surface area (Å²) in [5, 5.41) is 7.30. The van der Waals surface area contributed by atoms with E-state index in [1.54, 1.807) is 11.4 Å². The molecule has 0 aliphatic carbocycles. The van der Waals surface area contributed by atoms with Crippen molar-refractivity contribution in [2.45, 2.75) is 25.5 Å². The number of anilines is 1. The maximum Gasteiger partial charge on any atom is 0.407 e. The molecule has 1 fully saturated rings. The molecule has 0 spiro atoms. The van der Waals surface area contributed by atoms with Crippen molar-refractivity contribution in [2.24, 2.45) is 5.73 Å². The first kappa shape index (κ1) is 18.6. The van der Waals surface area contributed by atoms with E-state index in [2.05, 4.69) is 20.0 Å². The van der Waals surface area contributed by atoms with Gasteiger partial charge in [-0.3, -0.25) is 0 Å². The number of hydrogen-bond acceptors (Lipinski definition) is 8. The number of amides is 1. The molecule has 2 atom stereocenters. The van der Waals surface area contributed by atoms with Crippen LogP contribution in [0.1, 0.15) is 18.9 Å². The number of carbonyl (C=O) groups is 1. The van der Waals surface area contributed by atoms with Crippen LogP contribution in [0.5, 0.6) is 0 Å². The number of aromatic nitrogens is 3. The molecule has 0 bridgehead atoms. The third kappa shape index (κ3) is 3.92. The zero-order valence-electron chi connectivity index (χ0n) is 15.5. The summed E-state index contributed by atoms with van der Waals surface area (Å²) in [6, 6.07) is 1.97. The van der Waals surface area contributed by atoms with Gasteiger partial charge >= 0.3 is 6.09 Å². The van der Waals surface area contributed by atoms with E-state index in [1.807, 2.05) is 36.8 Å². The van der Waals surface area contributed by atoms with Gasteiger partial charge in [-0.2, -0.15) is 5.10 Å². The molecule has 0 aromatic carbocycles. The number of allylic oxidation sites excluding steroid dienone is 2. The molecule has 0 radical (unpaired) electrons. The van der Waals surface area contributed by atoms with Crippen LogP contribution in [0.25, 0.3) is 10.6 Å². The topological polar surface area (TPSA) is 110 Å². The lowest BCUT2D eigenvalue weighted by Crippen LogP contribution is -2.39. The maximum atomic E-state index is 11.9. The average molecular weight is 401 g/mol. The minimum atomic E-state index is -0.423. The molecule has 2 unspecified atom stereocenters. The number of alkyl carbamates (subject to hydrolysis) is 1. The molecule has 9 nitrogen and oxygen atoms in total. The first-order valence-corrected chi connectivity index (χ1v) is 10.0. The summed E-state index contributed by atoms with van der Waals surface area (Å²) in [7, 11) is 0. The van der Waals surface area contributed by atoms with Gasteiger partial charge < -0.3 is 25.4 Å². The molecule has 2 aliphatic heterocycles. The van der Waals surface area contributed by atoms with Crippen molar-refractivity contribution in [1.82, 2.24) is 24.6 Å². The smallest absolute Gasteiger partial charge is 0.407 e. The summed E-state index contributed by atoms with van der Waals surface area (Å²) in [6.07, 6.45) is 9.74. The van der Waals surface area contributed by atoms with Gasteiger partial charge in [-0.05, 0) is 43.5 Å². The molecule has 148 valence electrons. The molecule has 28 heavy (non-hydrogen) atoms. The number of carbonyl (C=O) groups excluding carboxylic acids is 1. The van der Waals surface area contributed by atoms with Crippen molar-refractivity contribution in [3.8, 4) is 0 Å². The Labute approximate surface area is 167 Å². The molecule has 2 aromatic rings. The zero-order chi connectivity index (χ0) is 19.5. The molecular weight excluding hydrogens is 378 g/mol. The van der Waals surface area contributed by atoms with Gasteiger partial charge in [0.15, 0.2) is 5.65 Å². The van der Waals surface area contributed by atoms with Crippen LogP contribution in [-0.4, -0.2) is 52.5 Å². The van der Waals surface area contributed by atoms with Crippen LogP contribution in [-0.2, 0) is 4.74 Å². The molecule has 1 saturated heterocycles. The standard InChI is InChI=1S/C18H23N7O2S/c1-12(9-19)27-18(26)22-13-4-7-24(11-13)16-5-8-25-17(23-16)14(10-20-25)15-3-2-6-21-28-15/h2-3,5-6,8,10,12-13,21H,4,7,9,11,19H2,1H3,(H,22,26). The van der Waals surface area contributed by atoms with E-state index < -0.39 is 6.09 Å². The first-order chi connectivity index (χ1) is 13.6. The Morgan fingerprint density at radius 3 is 3.25 bits per heavy atom. The third-order valence-electron chi connectivity index (χ3n) is 4.67. The Hall–Kier alpha value is -2.72. The second-order valence-electron chi connectivity index (χ2n) is 6.75. The van der Waals surface area contributed by atoms with Crippen molar-refractivity contribution in [1.29, 1.82) is 0 Å². The molecule has 4 heterocycles. The van der Waals surface area contributed by atoms with Crippen LogP contribution in [0.3, 0.4) is 0 Å². The monoisotopic (exact) mass is 401 g/mol. The summed E-state index contributed by atoms with van der Waals surface area (Å²) in [4.78, 5) is 20.0. The fourth-order valence-electron chi connectivity index (χ4n) is 3.18. The van der Waals surface area contributed by atoms with Gasteiger partial charge in [0.25, 0.3) is 0 Å². The van der Waals surface area contributed by atoms with Crippen LogP contribution in [0.2, 0.25) is 0 Å². The first-order valence-electron chi connectivity index (χ1n) is 9.20. The van der Waals surface area contributed by atoms with Crippen molar-refractivity contribution in [3.05, 3.63) is 42.4 Å². The maximum absolute atomic E-state index is 11.9. The van der Waals surface area contributed by atoms with E-state index in [-0.39, 0.29) is 12.1 Å². The lowest BCUT2D eigenvalue weighted by molar-refractivity contribution is 0.108. The summed E-state index contributed by atoms with van der Waals surface area (Å²) in [5.41, 5.74) is 7.28. The van der Waals surface area contributed by atoms with Crippen molar-refractivity contribution < 1.29 is 9.53 Å². The van der Waals surface area contributed by atoms with Gasteiger partial charge in [0.05, 0.1) is 17.8 Å². The van der Waals surface area contributed by atoms with Crippen LogP contribution in [0.15, 0.2) is 36.8 Å². The SMILES string of the molecule is CC(CN)OC(=O)NC1CCN(c2ccn3ncc(C4=CC=CNS4)c3n2)C1. The Morgan fingerprint density at radius 2 is 2.46 bits per heavy atom. The van der Waals surface area contributed by atoms with Gasteiger partial charge in [-0.1, -0.05) is 0 Å². The highest BCUT2D eigenvalue weighted by Gasteiger charge is 2.26. The highest BCUT2D eigenvalue weighted by molar-refractivity contribution is 8.06. The quantitative estimate of drug-likeness (QED) is 0.647. The minimum absolute atomic E-state index is 0.0193. The average Bonchev–Trinajstić information content (AvgIpc) is 3.34.